The molecular weight excluding hydrogens is 246 g/mol. The second-order valence-corrected chi connectivity index (χ2v) is 5.72. The molecule has 1 aromatic carbocycles. The number of piperidine rings is 1. The lowest BCUT2D eigenvalue weighted by atomic mass is 9.96. The Morgan fingerprint density at radius 3 is 2.90 bits per heavy atom. The summed E-state index contributed by atoms with van der Waals surface area (Å²) in [4.78, 5) is 9.98. The van der Waals surface area contributed by atoms with Crippen LogP contribution in [0, 0.1) is 0 Å². The van der Waals surface area contributed by atoms with Crippen LogP contribution in [0.25, 0.3) is 0 Å². The van der Waals surface area contributed by atoms with Gasteiger partial charge in [-0.3, -0.25) is 4.90 Å². The van der Waals surface area contributed by atoms with Gasteiger partial charge in [0.1, 0.15) is 0 Å². The molecule has 3 heteroatoms. The Hall–Kier alpha value is -1.61. The fourth-order valence-electron chi connectivity index (χ4n) is 3.16. The van der Waals surface area contributed by atoms with E-state index in [0.717, 1.165) is 13.0 Å². The zero-order valence-corrected chi connectivity index (χ0v) is 12.0. The molecule has 3 rings (SSSR count). The summed E-state index contributed by atoms with van der Waals surface area (Å²) in [7, 11) is 0. The van der Waals surface area contributed by atoms with Crippen LogP contribution in [0.3, 0.4) is 0 Å². The van der Waals surface area contributed by atoms with Gasteiger partial charge in [-0.2, -0.15) is 0 Å². The first-order valence-electron chi connectivity index (χ1n) is 7.67. The lowest BCUT2D eigenvalue weighted by molar-refractivity contribution is 0.132. The molecule has 3 nitrogen and oxygen atoms in total. The summed E-state index contributed by atoms with van der Waals surface area (Å²) in [6.45, 7) is 2.33. The van der Waals surface area contributed by atoms with E-state index in [4.69, 9.17) is 0 Å². The molecule has 1 aromatic heterocycles. The summed E-state index contributed by atoms with van der Waals surface area (Å²) < 4.78 is 0. The zero-order chi connectivity index (χ0) is 13.6. The predicted octanol–water partition coefficient (Wildman–Crippen LogP) is 3.40. The first-order chi connectivity index (χ1) is 9.92. The monoisotopic (exact) mass is 269 g/mol. The average molecular weight is 269 g/mol. The molecule has 1 atom stereocenters. The number of nitrogens with zero attached hydrogens (tertiary/aromatic N) is 2. The van der Waals surface area contributed by atoms with E-state index in [1.54, 1.807) is 6.33 Å². The molecule has 1 aliphatic heterocycles. The largest absolute Gasteiger partial charge is 0.348 e. The number of rotatable bonds is 5. The molecule has 1 aliphatic rings. The summed E-state index contributed by atoms with van der Waals surface area (Å²) >= 11 is 0. The maximum Gasteiger partial charge on any atom is 0.0921 e. The molecule has 1 unspecified atom stereocenters. The Labute approximate surface area is 121 Å². The molecule has 1 N–H and O–H groups in total. The van der Waals surface area contributed by atoms with E-state index in [-0.39, 0.29) is 0 Å². The maximum absolute atomic E-state index is 4.10. The summed E-state index contributed by atoms with van der Waals surface area (Å²) in [5.74, 6) is 0. The van der Waals surface area contributed by atoms with Gasteiger partial charge in [0.05, 0.1) is 6.33 Å². The van der Waals surface area contributed by atoms with Crippen LogP contribution in [0.4, 0.5) is 0 Å². The third-order valence-electron chi connectivity index (χ3n) is 4.28. The van der Waals surface area contributed by atoms with Crippen molar-refractivity contribution in [1.82, 2.24) is 14.9 Å². The SMILES string of the molecule is c1ccc(CN2CCCCC2CCc2cnc[nH]2)cc1. The Kier molecular flexibility index (Phi) is 4.49. The van der Waals surface area contributed by atoms with Crippen molar-refractivity contribution in [3.63, 3.8) is 0 Å². The van der Waals surface area contributed by atoms with Gasteiger partial charge in [-0.25, -0.2) is 4.98 Å². The standard InChI is InChI=1S/C17H23N3/c1-2-6-15(7-3-1)13-20-11-5-4-8-17(20)10-9-16-12-18-14-19-16/h1-3,6-7,12,14,17H,4-5,8-11,13H2,(H,18,19). The molecule has 0 bridgehead atoms. The third-order valence-corrected chi connectivity index (χ3v) is 4.28. The van der Waals surface area contributed by atoms with E-state index in [9.17, 15) is 0 Å². The van der Waals surface area contributed by atoms with Crippen molar-refractivity contribution in [2.75, 3.05) is 6.54 Å². The quantitative estimate of drug-likeness (QED) is 0.902. The summed E-state index contributed by atoms with van der Waals surface area (Å²) in [6.07, 6.45) is 10.1. The van der Waals surface area contributed by atoms with Gasteiger partial charge in [0, 0.05) is 24.5 Å². The Morgan fingerprint density at radius 2 is 2.10 bits per heavy atom. The van der Waals surface area contributed by atoms with Crippen LogP contribution in [-0.2, 0) is 13.0 Å². The van der Waals surface area contributed by atoms with Crippen molar-refractivity contribution in [2.24, 2.45) is 0 Å². The van der Waals surface area contributed by atoms with Crippen LogP contribution in [-0.4, -0.2) is 27.5 Å². The lowest BCUT2D eigenvalue weighted by Crippen LogP contribution is -2.39. The second kappa shape index (κ2) is 6.71. The van der Waals surface area contributed by atoms with Crippen LogP contribution in [0.1, 0.15) is 36.9 Å². The number of likely N-dealkylation sites (tertiary alicyclic amines) is 1. The molecule has 2 heterocycles. The van der Waals surface area contributed by atoms with Crippen molar-refractivity contribution in [2.45, 2.75) is 44.7 Å². The summed E-state index contributed by atoms with van der Waals surface area (Å²) in [5.41, 5.74) is 2.69. The van der Waals surface area contributed by atoms with E-state index < -0.39 is 0 Å². The number of H-pyrrole nitrogens is 1. The predicted molar refractivity (Wildman–Crippen MR) is 81.4 cm³/mol. The van der Waals surface area contributed by atoms with E-state index in [2.05, 4.69) is 45.2 Å². The molecule has 0 amide bonds. The minimum absolute atomic E-state index is 0.715. The van der Waals surface area contributed by atoms with Crippen molar-refractivity contribution >= 4 is 0 Å². The molecule has 0 spiro atoms. The van der Waals surface area contributed by atoms with E-state index in [1.807, 2.05) is 6.20 Å². The van der Waals surface area contributed by atoms with E-state index >= 15 is 0 Å². The highest BCUT2D eigenvalue weighted by molar-refractivity contribution is 5.14. The molecular formula is C17H23N3. The molecule has 2 aromatic rings. The highest BCUT2D eigenvalue weighted by Crippen LogP contribution is 2.23. The van der Waals surface area contributed by atoms with Crippen molar-refractivity contribution in [3.8, 4) is 0 Å². The van der Waals surface area contributed by atoms with Crippen LogP contribution < -0.4 is 0 Å². The minimum Gasteiger partial charge on any atom is -0.348 e. The Morgan fingerprint density at radius 1 is 1.20 bits per heavy atom. The number of imidazole rings is 1. The van der Waals surface area contributed by atoms with Crippen molar-refractivity contribution in [3.05, 3.63) is 54.1 Å². The first kappa shape index (κ1) is 13.4. The average Bonchev–Trinajstić information content (AvgIpc) is 3.01. The molecule has 0 aliphatic carbocycles. The maximum atomic E-state index is 4.10. The van der Waals surface area contributed by atoms with Crippen LogP contribution in [0.2, 0.25) is 0 Å². The Balaban J connectivity index is 1.59. The first-order valence-corrected chi connectivity index (χ1v) is 7.67. The number of aromatic nitrogens is 2. The topological polar surface area (TPSA) is 31.9 Å². The highest BCUT2D eigenvalue weighted by atomic mass is 15.2. The van der Waals surface area contributed by atoms with Gasteiger partial charge in [0.2, 0.25) is 0 Å². The molecule has 1 saturated heterocycles. The summed E-state index contributed by atoms with van der Waals surface area (Å²) in [5, 5.41) is 0. The number of hydrogen-bond donors (Lipinski definition) is 1. The van der Waals surface area contributed by atoms with E-state index in [1.165, 1.54) is 43.5 Å². The second-order valence-electron chi connectivity index (χ2n) is 5.72. The number of hydrogen-bond acceptors (Lipinski definition) is 2. The molecule has 0 radical (unpaired) electrons. The van der Waals surface area contributed by atoms with Crippen molar-refractivity contribution < 1.29 is 0 Å². The normalized spacial score (nSPS) is 20.1. The van der Waals surface area contributed by atoms with Gasteiger partial charge >= 0.3 is 0 Å². The van der Waals surface area contributed by atoms with Gasteiger partial charge < -0.3 is 4.98 Å². The summed E-state index contributed by atoms with van der Waals surface area (Å²) in [6, 6.07) is 11.6. The number of aromatic amines is 1. The fraction of sp³-hybridized carbons (Fsp3) is 0.471. The van der Waals surface area contributed by atoms with Gasteiger partial charge in [-0.05, 0) is 37.8 Å². The highest BCUT2D eigenvalue weighted by Gasteiger charge is 2.22. The lowest BCUT2D eigenvalue weighted by Gasteiger charge is -2.35. The van der Waals surface area contributed by atoms with Gasteiger partial charge in [-0.15, -0.1) is 0 Å². The fourth-order valence-corrected chi connectivity index (χ4v) is 3.16. The number of benzene rings is 1. The van der Waals surface area contributed by atoms with Gasteiger partial charge in [0.25, 0.3) is 0 Å². The van der Waals surface area contributed by atoms with Crippen LogP contribution >= 0.6 is 0 Å². The molecule has 1 fully saturated rings. The van der Waals surface area contributed by atoms with Gasteiger partial charge in [-0.1, -0.05) is 36.8 Å². The zero-order valence-electron chi connectivity index (χ0n) is 12.0. The Bertz CT molecular complexity index is 492. The number of aryl methyl sites for hydroxylation is 1. The van der Waals surface area contributed by atoms with Crippen LogP contribution in [0.15, 0.2) is 42.9 Å². The van der Waals surface area contributed by atoms with Gasteiger partial charge in [0.15, 0.2) is 0 Å². The minimum atomic E-state index is 0.715. The third kappa shape index (κ3) is 3.48. The smallest absolute Gasteiger partial charge is 0.0921 e. The molecule has 20 heavy (non-hydrogen) atoms. The molecule has 0 saturated carbocycles. The number of nitrogens with one attached hydrogen (secondary N) is 1. The molecule has 106 valence electrons. The van der Waals surface area contributed by atoms with E-state index in [0.29, 0.717) is 6.04 Å². The van der Waals surface area contributed by atoms with Crippen LogP contribution in [0.5, 0.6) is 0 Å². The van der Waals surface area contributed by atoms with Crippen molar-refractivity contribution in [1.29, 1.82) is 0 Å².